The lowest BCUT2D eigenvalue weighted by molar-refractivity contribution is 0.0673. The van der Waals surface area contributed by atoms with Gasteiger partial charge in [0.1, 0.15) is 5.75 Å². The Balaban J connectivity index is 0.00000182. The minimum Gasteiger partial charge on any atom is -0.497 e. The zero-order valence-electron chi connectivity index (χ0n) is 14.2. The third-order valence-corrected chi connectivity index (χ3v) is 5.03. The standard InChI is InChI=1S/C18H22N4O2.ClH/c1-24-16-6-4-13(5-7-16)21-11-9-17(20-21)18(23)22-14-2-3-15(22)12-19-10-8-14;/h4-7,9,11,14-15,19H,2-3,8,10,12H2,1H3;1H. The van der Waals surface area contributed by atoms with E-state index in [4.69, 9.17) is 4.74 Å². The fraction of sp³-hybridized carbons (Fsp3) is 0.444. The molecule has 2 bridgehead atoms. The normalized spacial score (nSPS) is 22.2. The number of hydrogen-bond acceptors (Lipinski definition) is 4. The molecule has 2 aliphatic heterocycles. The SMILES string of the molecule is COc1ccc(-n2ccc(C(=O)N3C4CCNCC3CC4)n2)cc1.Cl. The van der Waals surface area contributed by atoms with Gasteiger partial charge in [-0.1, -0.05) is 0 Å². The summed E-state index contributed by atoms with van der Waals surface area (Å²) in [5.41, 5.74) is 1.43. The molecule has 25 heavy (non-hydrogen) atoms. The maximum atomic E-state index is 13.0. The van der Waals surface area contributed by atoms with Crippen LogP contribution in [0.2, 0.25) is 0 Å². The number of rotatable bonds is 3. The van der Waals surface area contributed by atoms with Crippen molar-refractivity contribution in [3.8, 4) is 11.4 Å². The first-order valence-corrected chi connectivity index (χ1v) is 8.50. The summed E-state index contributed by atoms with van der Waals surface area (Å²) in [5, 5.41) is 7.93. The average Bonchev–Trinajstić information content (AvgIpc) is 3.18. The van der Waals surface area contributed by atoms with Crippen LogP contribution >= 0.6 is 12.4 Å². The number of carbonyl (C=O) groups excluding carboxylic acids is 1. The van der Waals surface area contributed by atoms with Gasteiger partial charge in [-0.15, -0.1) is 12.4 Å². The fourth-order valence-corrected chi connectivity index (χ4v) is 3.76. The number of amides is 1. The number of halogens is 1. The smallest absolute Gasteiger partial charge is 0.274 e. The molecule has 2 aliphatic rings. The molecule has 4 rings (SSSR count). The summed E-state index contributed by atoms with van der Waals surface area (Å²) < 4.78 is 6.91. The molecule has 6 nitrogen and oxygen atoms in total. The summed E-state index contributed by atoms with van der Waals surface area (Å²) in [6.45, 7) is 1.88. The molecule has 0 aliphatic carbocycles. The van der Waals surface area contributed by atoms with Gasteiger partial charge in [-0.2, -0.15) is 5.10 Å². The summed E-state index contributed by atoms with van der Waals surface area (Å²) in [6, 6.07) is 10.1. The molecule has 7 heteroatoms. The summed E-state index contributed by atoms with van der Waals surface area (Å²) in [5.74, 6) is 0.856. The number of benzene rings is 1. The molecule has 1 aromatic heterocycles. The number of methoxy groups -OCH3 is 1. The number of nitrogens with zero attached hydrogens (tertiary/aromatic N) is 3. The van der Waals surface area contributed by atoms with Crippen molar-refractivity contribution >= 4 is 18.3 Å². The van der Waals surface area contributed by atoms with E-state index in [1.54, 1.807) is 11.8 Å². The Labute approximate surface area is 153 Å². The highest BCUT2D eigenvalue weighted by Crippen LogP contribution is 2.29. The van der Waals surface area contributed by atoms with Crippen LogP contribution < -0.4 is 10.1 Å². The third kappa shape index (κ3) is 3.37. The molecular weight excluding hydrogens is 340 g/mol. The molecule has 0 spiro atoms. The number of carbonyl (C=O) groups is 1. The molecule has 134 valence electrons. The van der Waals surface area contributed by atoms with Crippen LogP contribution in [0.25, 0.3) is 5.69 Å². The van der Waals surface area contributed by atoms with Crippen molar-refractivity contribution in [2.45, 2.75) is 31.3 Å². The van der Waals surface area contributed by atoms with Gasteiger partial charge in [-0.3, -0.25) is 4.79 Å². The van der Waals surface area contributed by atoms with Crippen LogP contribution in [0.3, 0.4) is 0 Å². The van der Waals surface area contributed by atoms with Crippen LogP contribution in [0.15, 0.2) is 36.5 Å². The lowest BCUT2D eigenvalue weighted by atomic mass is 10.1. The molecule has 3 heterocycles. The lowest BCUT2D eigenvalue weighted by Gasteiger charge is -2.27. The predicted octanol–water partition coefficient (Wildman–Crippen LogP) is 2.27. The van der Waals surface area contributed by atoms with Crippen LogP contribution in [0, 0.1) is 0 Å². The Hall–Kier alpha value is -2.05. The number of aromatic nitrogens is 2. The molecule has 1 amide bonds. The maximum Gasteiger partial charge on any atom is 0.274 e. The van der Waals surface area contributed by atoms with Crippen LogP contribution in [-0.2, 0) is 0 Å². The largest absolute Gasteiger partial charge is 0.497 e. The Morgan fingerprint density at radius 3 is 2.68 bits per heavy atom. The van der Waals surface area contributed by atoms with E-state index >= 15 is 0 Å². The van der Waals surface area contributed by atoms with Crippen molar-refractivity contribution in [2.24, 2.45) is 0 Å². The van der Waals surface area contributed by atoms with Crippen molar-refractivity contribution in [2.75, 3.05) is 20.2 Å². The van der Waals surface area contributed by atoms with Gasteiger partial charge in [0.05, 0.1) is 12.8 Å². The van der Waals surface area contributed by atoms with Gasteiger partial charge in [-0.05, 0) is 56.1 Å². The van der Waals surface area contributed by atoms with Crippen molar-refractivity contribution in [3.63, 3.8) is 0 Å². The van der Waals surface area contributed by atoms with Crippen molar-refractivity contribution in [1.29, 1.82) is 0 Å². The predicted molar refractivity (Wildman–Crippen MR) is 97.8 cm³/mol. The summed E-state index contributed by atoms with van der Waals surface area (Å²) in [6.07, 6.45) is 5.06. The number of fused-ring (bicyclic) bond motifs is 2. The van der Waals surface area contributed by atoms with Gasteiger partial charge in [0.2, 0.25) is 0 Å². The number of ether oxygens (including phenoxy) is 1. The van der Waals surface area contributed by atoms with E-state index in [1.165, 1.54) is 0 Å². The monoisotopic (exact) mass is 362 g/mol. The fourth-order valence-electron chi connectivity index (χ4n) is 3.76. The number of hydrogen-bond donors (Lipinski definition) is 1. The second-order valence-corrected chi connectivity index (χ2v) is 6.43. The van der Waals surface area contributed by atoms with Crippen molar-refractivity contribution in [3.05, 3.63) is 42.2 Å². The Bertz CT molecular complexity index is 717. The molecule has 2 saturated heterocycles. The quantitative estimate of drug-likeness (QED) is 0.910. The van der Waals surface area contributed by atoms with Gasteiger partial charge in [-0.25, -0.2) is 4.68 Å². The second-order valence-electron chi connectivity index (χ2n) is 6.43. The highest BCUT2D eigenvalue weighted by atomic mass is 35.5. The Kier molecular flexibility index (Phi) is 5.30. The summed E-state index contributed by atoms with van der Waals surface area (Å²) >= 11 is 0. The van der Waals surface area contributed by atoms with Crippen LogP contribution in [0.4, 0.5) is 0 Å². The molecule has 1 aromatic carbocycles. The van der Waals surface area contributed by atoms with E-state index in [0.29, 0.717) is 17.8 Å². The lowest BCUT2D eigenvalue weighted by Crippen LogP contribution is -2.42. The van der Waals surface area contributed by atoms with Gasteiger partial charge < -0.3 is 15.0 Å². The van der Waals surface area contributed by atoms with E-state index < -0.39 is 0 Å². The van der Waals surface area contributed by atoms with E-state index in [0.717, 1.165) is 43.8 Å². The third-order valence-electron chi connectivity index (χ3n) is 5.03. The molecule has 2 unspecified atom stereocenters. The van der Waals surface area contributed by atoms with Gasteiger partial charge in [0, 0.05) is 24.8 Å². The highest BCUT2D eigenvalue weighted by Gasteiger charge is 2.39. The first kappa shape index (κ1) is 17.8. The molecule has 0 radical (unpaired) electrons. The van der Waals surface area contributed by atoms with E-state index in [9.17, 15) is 4.79 Å². The van der Waals surface area contributed by atoms with Crippen LogP contribution in [0.1, 0.15) is 29.8 Å². The van der Waals surface area contributed by atoms with E-state index in [-0.39, 0.29) is 18.3 Å². The molecular formula is C18H23ClN4O2. The van der Waals surface area contributed by atoms with Crippen molar-refractivity contribution < 1.29 is 9.53 Å². The van der Waals surface area contributed by atoms with E-state index in [2.05, 4.69) is 15.3 Å². The number of nitrogens with one attached hydrogen (secondary N) is 1. The zero-order chi connectivity index (χ0) is 16.5. The van der Waals surface area contributed by atoms with E-state index in [1.807, 2.05) is 36.5 Å². The molecule has 2 fully saturated rings. The minimum absolute atomic E-state index is 0. The summed E-state index contributed by atoms with van der Waals surface area (Å²) in [4.78, 5) is 15.0. The van der Waals surface area contributed by atoms with Crippen molar-refractivity contribution in [1.82, 2.24) is 20.0 Å². The van der Waals surface area contributed by atoms with Gasteiger partial charge in [0.15, 0.2) is 5.69 Å². The molecule has 2 aromatic rings. The first-order chi connectivity index (χ1) is 11.8. The first-order valence-electron chi connectivity index (χ1n) is 8.50. The van der Waals surface area contributed by atoms with Gasteiger partial charge >= 0.3 is 0 Å². The molecule has 1 N–H and O–H groups in total. The Morgan fingerprint density at radius 2 is 1.92 bits per heavy atom. The maximum absolute atomic E-state index is 13.0. The zero-order valence-corrected chi connectivity index (χ0v) is 15.0. The van der Waals surface area contributed by atoms with Crippen LogP contribution in [0.5, 0.6) is 5.75 Å². The minimum atomic E-state index is 0. The topological polar surface area (TPSA) is 59.4 Å². The van der Waals surface area contributed by atoms with Gasteiger partial charge in [0.25, 0.3) is 5.91 Å². The second kappa shape index (κ2) is 7.45. The van der Waals surface area contributed by atoms with Crippen LogP contribution in [-0.4, -0.2) is 52.9 Å². The summed E-state index contributed by atoms with van der Waals surface area (Å²) in [7, 11) is 1.64. The highest BCUT2D eigenvalue weighted by molar-refractivity contribution is 5.93. The average molecular weight is 363 g/mol. The molecule has 0 saturated carbocycles. The molecule has 2 atom stereocenters. The Morgan fingerprint density at radius 1 is 1.16 bits per heavy atom.